The Balaban J connectivity index is 1.62. The first-order chi connectivity index (χ1) is 13.2. The lowest BCUT2D eigenvalue weighted by molar-refractivity contribution is -0.116. The van der Waals surface area contributed by atoms with Crippen LogP contribution in [0.3, 0.4) is 0 Å². The van der Waals surface area contributed by atoms with Crippen LogP contribution in [0.25, 0.3) is 11.0 Å². The fraction of sp³-hybridized carbons (Fsp3) is 0.333. The molecular weight excluding hydrogens is 350 g/mol. The number of benzene rings is 1. The summed E-state index contributed by atoms with van der Waals surface area (Å²) in [5.74, 6) is 0.500. The highest BCUT2D eigenvalue weighted by atomic mass is 16.5. The molecular formula is C18H19N5O4. The van der Waals surface area contributed by atoms with Crippen LogP contribution in [0.4, 0.5) is 11.6 Å². The molecule has 9 nitrogen and oxygen atoms in total. The summed E-state index contributed by atoms with van der Waals surface area (Å²) in [4.78, 5) is 31.7. The largest absolute Gasteiger partial charge is 0.378 e. The van der Waals surface area contributed by atoms with Gasteiger partial charge in [0.2, 0.25) is 5.91 Å². The summed E-state index contributed by atoms with van der Waals surface area (Å²) in [7, 11) is 0. The van der Waals surface area contributed by atoms with Crippen LogP contribution in [0, 0.1) is 0 Å². The number of amides is 1. The van der Waals surface area contributed by atoms with Crippen molar-refractivity contribution in [3.63, 3.8) is 0 Å². The van der Waals surface area contributed by atoms with Crippen molar-refractivity contribution >= 4 is 28.6 Å². The highest BCUT2D eigenvalue weighted by Crippen LogP contribution is 2.16. The van der Waals surface area contributed by atoms with Crippen LogP contribution in [-0.4, -0.2) is 46.9 Å². The van der Waals surface area contributed by atoms with E-state index in [1.807, 2.05) is 29.2 Å². The van der Waals surface area contributed by atoms with E-state index in [0.717, 1.165) is 5.52 Å². The molecule has 1 N–H and O–H groups in total. The maximum Gasteiger partial charge on any atom is 0.294 e. The van der Waals surface area contributed by atoms with E-state index in [1.54, 1.807) is 10.6 Å². The Morgan fingerprint density at radius 3 is 2.78 bits per heavy atom. The van der Waals surface area contributed by atoms with Gasteiger partial charge in [-0.05, 0) is 12.1 Å². The van der Waals surface area contributed by atoms with E-state index in [2.05, 4.69) is 15.5 Å². The second-order valence-corrected chi connectivity index (χ2v) is 6.16. The second kappa shape index (κ2) is 7.58. The third kappa shape index (κ3) is 3.68. The summed E-state index contributed by atoms with van der Waals surface area (Å²) in [6.45, 7) is 2.60. The molecule has 0 saturated carbocycles. The molecule has 0 spiro atoms. The Hall–Kier alpha value is -3.20. The van der Waals surface area contributed by atoms with E-state index >= 15 is 0 Å². The lowest BCUT2D eigenvalue weighted by Gasteiger charge is -2.28. The number of nitrogens with one attached hydrogen (secondary N) is 1. The molecule has 0 atom stereocenters. The highest BCUT2D eigenvalue weighted by molar-refractivity contribution is 5.89. The van der Waals surface area contributed by atoms with Crippen molar-refractivity contribution < 1.29 is 14.1 Å². The molecule has 1 aliphatic rings. The van der Waals surface area contributed by atoms with Gasteiger partial charge in [0.05, 0.1) is 24.2 Å². The number of para-hydroxylation sites is 2. The van der Waals surface area contributed by atoms with Gasteiger partial charge in [-0.2, -0.15) is 0 Å². The van der Waals surface area contributed by atoms with E-state index in [-0.39, 0.29) is 24.4 Å². The van der Waals surface area contributed by atoms with Gasteiger partial charge < -0.3 is 24.0 Å². The Morgan fingerprint density at radius 2 is 2.00 bits per heavy atom. The van der Waals surface area contributed by atoms with E-state index in [1.165, 1.54) is 6.26 Å². The first-order valence-corrected chi connectivity index (χ1v) is 8.75. The number of aromatic nitrogens is 3. The zero-order valence-electron chi connectivity index (χ0n) is 14.6. The van der Waals surface area contributed by atoms with Crippen molar-refractivity contribution in [1.29, 1.82) is 0 Å². The number of carbonyl (C=O) groups excluding carboxylic acids is 1. The van der Waals surface area contributed by atoms with Crippen molar-refractivity contribution in [2.45, 2.75) is 13.0 Å². The number of anilines is 2. The summed E-state index contributed by atoms with van der Waals surface area (Å²) in [5.41, 5.74) is 1.22. The molecule has 27 heavy (non-hydrogen) atoms. The molecule has 3 heterocycles. The minimum absolute atomic E-state index is 0.128. The Labute approximate surface area is 154 Å². The van der Waals surface area contributed by atoms with Crippen molar-refractivity contribution in [3.05, 3.63) is 46.9 Å². The van der Waals surface area contributed by atoms with Gasteiger partial charge in [0.25, 0.3) is 5.56 Å². The minimum Gasteiger partial charge on any atom is -0.378 e. The van der Waals surface area contributed by atoms with Crippen molar-refractivity contribution in [1.82, 2.24) is 14.7 Å². The Bertz CT molecular complexity index is 993. The molecule has 1 saturated heterocycles. The van der Waals surface area contributed by atoms with E-state index in [0.29, 0.717) is 43.5 Å². The van der Waals surface area contributed by atoms with Gasteiger partial charge in [-0.1, -0.05) is 17.3 Å². The third-order valence-corrected chi connectivity index (χ3v) is 4.41. The smallest absolute Gasteiger partial charge is 0.294 e. The number of rotatable bonds is 5. The van der Waals surface area contributed by atoms with Crippen LogP contribution in [0.2, 0.25) is 0 Å². The molecule has 140 valence electrons. The molecule has 0 radical (unpaired) electrons. The highest BCUT2D eigenvalue weighted by Gasteiger charge is 2.19. The number of ether oxygens (including phenoxy) is 1. The number of hydrogen-bond donors (Lipinski definition) is 1. The predicted molar refractivity (Wildman–Crippen MR) is 98.8 cm³/mol. The van der Waals surface area contributed by atoms with Crippen LogP contribution in [0.15, 0.2) is 45.9 Å². The summed E-state index contributed by atoms with van der Waals surface area (Å²) in [6, 6.07) is 8.99. The summed E-state index contributed by atoms with van der Waals surface area (Å²) in [6.07, 6.45) is 1.51. The zero-order valence-corrected chi connectivity index (χ0v) is 14.6. The van der Waals surface area contributed by atoms with Gasteiger partial charge in [-0.15, -0.1) is 0 Å². The molecule has 9 heteroatoms. The number of fused-ring (bicyclic) bond motifs is 1. The average molecular weight is 369 g/mol. The topological polar surface area (TPSA) is 102 Å². The fourth-order valence-corrected chi connectivity index (χ4v) is 3.08. The lowest BCUT2D eigenvalue weighted by atomic mass is 10.2. The number of hydrogen-bond acceptors (Lipinski definition) is 7. The maximum absolute atomic E-state index is 13.1. The zero-order chi connectivity index (χ0) is 18.6. The van der Waals surface area contributed by atoms with Crippen molar-refractivity contribution in [3.8, 4) is 0 Å². The van der Waals surface area contributed by atoms with Crippen LogP contribution in [-0.2, 0) is 16.1 Å². The molecule has 1 fully saturated rings. The van der Waals surface area contributed by atoms with E-state index in [4.69, 9.17) is 9.26 Å². The molecule has 1 aromatic carbocycles. The van der Waals surface area contributed by atoms with Gasteiger partial charge in [-0.3, -0.25) is 9.59 Å². The predicted octanol–water partition coefficient (Wildman–Crippen LogP) is 1.25. The van der Waals surface area contributed by atoms with Gasteiger partial charge >= 0.3 is 0 Å². The molecule has 1 aliphatic heterocycles. The number of aryl methyl sites for hydroxylation is 1. The maximum atomic E-state index is 13.1. The van der Waals surface area contributed by atoms with Crippen LogP contribution >= 0.6 is 0 Å². The van der Waals surface area contributed by atoms with Gasteiger partial charge in [0.1, 0.15) is 6.26 Å². The number of morpholine rings is 1. The van der Waals surface area contributed by atoms with Crippen molar-refractivity contribution in [2.75, 3.05) is 36.5 Å². The molecule has 0 aliphatic carbocycles. The molecule has 0 unspecified atom stereocenters. The van der Waals surface area contributed by atoms with E-state index in [9.17, 15) is 9.59 Å². The second-order valence-electron chi connectivity index (χ2n) is 6.16. The van der Waals surface area contributed by atoms with Gasteiger partial charge in [0, 0.05) is 32.1 Å². The fourth-order valence-electron chi connectivity index (χ4n) is 3.08. The first-order valence-electron chi connectivity index (χ1n) is 8.75. The molecule has 0 bridgehead atoms. The van der Waals surface area contributed by atoms with Crippen molar-refractivity contribution in [2.24, 2.45) is 0 Å². The lowest BCUT2D eigenvalue weighted by Crippen LogP contribution is -2.41. The minimum atomic E-state index is -0.246. The molecule has 3 aromatic rings. The SMILES string of the molecule is O=C(CCn1c(=O)c(N2CCOCC2)nc2ccccc21)Nc1ccon1. The summed E-state index contributed by atoms with van der Waals surface area (Å²) < 4.78 is 11.7. The Morgan fingerprint density at radius 1 is 1.19 bits per heavy atom. The third-order valence-electron chi connectivity index (χ3n) is 4.41. The molecule has 1 amide bonds. The van der Waals surface area contributed by atoms with Crippen LogP contribution in [0.5, 0.6) is 0 Å². The Kier molecular flexibility index (Phi) is 4.84. The van der Waals surface area contributed by atoms with E-state index < -0.39 is 0 Å². The normalized spacial score (nSPS) is 14.4. The molecule has 2 aromatic heterocycles. The van der Waals surface area contributed by atoms with Gasteiger partial charge in [-0.25, -0.2) is 4.98 Å². The van der Waals surface area contributed by atoms with Crippen LogP contribution < -0.4 is 15.8 Å². The summed E-state index contributed by atoms with van der Waals surface area (Å²) in [5, 5.41) is 6.29. The van der Waals surface area contributed by atoms with Gasteiger partial charge in [0.15, 0.2) is 11.6 Å². The number of nitrogens with zero attached hydrogens (tertiary/aromatic N) is 4. The quantitative estimate of drug-likeness (QED) is 0.722. The monoisotopic (exact) mass is 369 g/mol. The molecule has 4 rings (SSSR count). The van der Waals surface area contributed by atoms with Crippen LogP contribution in [0.1, 0.15) is 6.42 Å². The average Bonchev–Trinajstić information content (AvgIpc) is 3.20. The summed E-state index contributed by atoms with van der Waals surface area (Å²) >= 11 is 0. The number of carbonyl (C=O) groups is 1. The first kappa shape index (κ1) is 17.2. The standard InChI is InChI=1S/C18H19N5O4/c24-16(20-15-6-10-27-21-15)5-7-23-14-4-2-1-3-13(14)19-17(18(23)25)22-8-11-26-12-9-22/h1-4,6,10H,5,7-9,11-12H2,(H,20,21,24).